The van der Waals surface area contributed by atoms with Gasteiger partial charge in [0.2, 0.25) is 5.91 Å². The molecule has 0 saturated heterocycles. The van der Waals surface area contributed by atoms with Crippen molar-refractivity contribution in [1.29, 1.82) is 0 Å². The summed E-state index contributed by atoms with van der Waals surface area (Å²) in [5.41, 5.74) is -0.925. The Balaban J connectivity index is 2.29. The van der Waals surface area contributed by atoms with Crippen LogP contribution < -0.4 is 5.32 Å². The smallest absolute Gasteiger partial charge is 0.310 e. The highest BCUT2D eigenvalue weighted by Gasteiger charge is 2.44. The van der Waals surface area contributed by atoms with E-state index in [1.165, 1.54) is 0 Å². The third-order valence-electron chi connectivity index (χ3n) is 2.73. The average molecular weight is 229 g/mol. The van der Waals surface area contributed by atoms with E-state index in [2.05, 4.69) is 5.32 Å². The Hall–Kier alpha value is -1.10. The van der Waals surface area contributed by atoms with Gasteiger partial charge < -0.3 is 15.2 Å². The van der Waals surface area contributed by atoms with Crippen molar-refractivity contribution < 1.29 is 19.4 Å². The summed E-state index contributed by atoms with van der Waals surface area (Å²) in [6, 6.07) is 0. The molecular formula is C11H19NO4. The topological polar surface area (TPSA) is 75.6 Å². The van der Waals surface area contributed by atoms with Gasteiger partial charge in [0.15, 0.2) is 0 Å². The maximum Gasteiger partial charge on any atom is 0.310 e. The predicted molar refractivity (Wildman–Crippen MR) is 57.9 cm³/mol. The van der Waals surface area contributed by atoms with Crippen molar-refractivity contribution in [3.63, 3.8) is 0 Å². The molecular weight excluding hydrogens is 210 g/mol. The number of aliphatic carboxylic acids is 1. The summed E-state index contributed by atoms with van der Waals surface area (Å²) in [5, 5.41) is 11.5. The Kier molecular flexibility index (Phi) is 3.91. The van der Waals surface area contributed by atoms with Gasteiger partial charge in [0.25, 0.3) is 0 Å². The van der Waals surface area contributed by atoms with Crippen LogP contribution in [0.25, 0.3) is 0 Å². The fourth-order valence-corrected chi connectivity index (χ4v) is 1.36. The zero-order valence-electron chi connectivity index (χ0n) is 9.95. The van der Waals surface area contributed by atoms with Crippen molar-refractivity contribution in [2.24, 2.45) is 11.3 Å². The second kappa shape index (κ2) is 4.82. The molecule has 0 aromatic heterocycles. The Morgan fingerprint density at radius 1 is 1.50 bits per heavy atom. The number of hydrogen-bond acceptors (Lipinski definition) is 3. The minimum Gasteiger partial charge on any atom is -0.481 e. The van der Waals surface area contributed by atoms with E-state index in [0.29, 0.717) is 6.61 Å². The SMILES string of the molecule is CCOC1CC1C(=O)NCC(C)(C)C(=O)O. The number of carbonyl (C=O) groups is 2. The molecule has 1 rings (SSSR count). The van der Waals surface area contributed by atoms with Gasteiger partial charge in [0.05, 0.1) is 17.4 Å². The van der Waals surface area contributed by atoms with Crippen LogP contribution in [0.4, 0.5) is 0 Å². The first-order valence-corrected chi connectivity index (χ1v) is 5.51. The number of amides is 1. The molecule has 0 aromatic carbocycles. The molecule has 0 heterocycles. The Labute approximate surface area is 95.2 Å². The first kappa shape index (κ1) is 13.0. The number of hydrogen-bond donors (Lipinski definition) is 2. The zero-order valence-corrected chi connectivity index (χ0v) is 9.95. The highest BCUT2D eigenvalue weighted by atomic mass is 16.5. The van der Waals surface area contributed by atoms with Gasteiger partial charge in [-0.3, -0.25) is 9.59 Å². The van der Waals surface area contributed by atoms with Crippen molar-refractivity contribution in [1.82, 2.24) is 5.32 Å². The largest absolute Gasteiger partial charge is 0.481 e. The van der Waals surface area contributed by atoms with Crippen LogP contribution in [-0.2, 0) is 14.3 Å². The molecule has 5 nitrogen and oxygen atoms in total. The maximum absolute atomic E-state index is 11.6. The van der Waals surface area contributed by atoms with Crippen molar-refractivity contribution in [2.45, 2.75) is 33.3 Å². The van der Waals surface area contributed by atoms with Crippen LogP contribution in [0.15, 0.2) is 0 Å². The van der Waals surface area contributed by atoms with Gasteiger partial charge in [-0.25, -0.2) is 0 Å². The number of carboxylic acids is 1. The third-order valence-corrected chi connectivity index (χ3v) is 2.73. The number of nitrogens with one attached hydrogen (secondary N) is 1. The van der Waals surface area contributed by atoms with Gasteiger partial charge in [0.1, 0.15) is 0 Å². The van der Waals surface area contributed by atoms with Gasteiger partial charge in [-0.2, -0.15) is 0 Å². The standard InChI is InChI=1S/C11H19NO4/c1-4-16-8-5-7(8)9(13)12-6-11(2,3)10(14)15/h7-8H,4-6H2,1-3H3,(H,12,13)(H,14,15). The Bertz CT molecular complexity index is 288. The molecule has 5 heteroatoms. The van der Waals surface area contributed by atoms with E-state index in [-0.39, 0.29) is 24.5 Å². The van der Waals surface area contributed by atoms with Gasteiger partial charge in [-0.1, -0.05) is 0 Å². The number of carboxylic acid groups (broad SMARTS) is 1. The van der Waals surface area contributed by atoms with Crippen molar-refractivity contribution in [2.75, 3.05) is 13.2 Å². The molecule has 2 atom stereocenters. The lowest BCUT2D eigenvalue weighted by Gasteiger charge is -2.19. The second-order valence-electron chi connectivity index (χ2n) is 4.74. The molecule has 0 aromatic rings. The van der Waals surface area contributed by atoms with Gasteiger partial charge >= 0.3 is 5.97 Å². The first-order valence-electron chi connectivity index (χ1n) is 5.51. The molecule has 1 aliphatic carbocycles. The van der Waals surface area contributed by atoms with Crippen LogP contribution in [0.5, 0.6) is 0 Å². The minimum atomic E-state index is -0.925. The van der Waals surface area contributed by atoms with E-state index in [1.807, 2.05) is 6.92 Å². The minimum absolute atomic E-state index is 0.0259. The van der Waals surface area contributed by atoms with Crippen LogP contribution in [0, 0.1) is 11.3 Å². The predicted octanol–water partition coefficient (Wildman–Crippen LogP) is 0.638. The van der Waals surface area contributed by atoms with E-state index in [9.17, 15) is 9.59 Å². The van der Waals surface area contributed by atoms with E-state index in [1.54, 1.807) is 13.8 Å². The summed E-state index contributed by atoms with van der Waals surface area (Å²) in [4.78, 5) is 22.4. The quantitative estimate of drug-likeness (QED) is 0.700. The van der Waals surface area contributed by atoms with Gasteiger partial charge in [-0.15, -0.1) is 0 Å². The van der Waals surface area contributed by atoms with E-state index >= 15 is 0 Å². The molecule has 2 N–H and O–H groups in total. The molecule has 1 aliphatic rings. The highest BCUT2D eigenvalue weighted by Crippen LogP contribution is 2.33. The summed E-state index contributed by atoms with van der Waals surface area (Å²) in [6.45, 7) is 5.82. The van der Waals surface area contributed by atoms with E-state index in [0.717, 1.165) is 6.42 Å². The lowest BCUT2D eigenvalue weighted by atomic mass is 9.94. The summed E-state index contributed by atoms with van der Waals surface area (Å²) < 4.78 is 5.29. The molecule has 1 fully saturated rings. The molecule has 0 aliphatic heterocycles. The fraction of sp³-hybridized carbons (Fsp3) is 0.818. The van der Waals surface area contributed by atoms with Crippen LogP contribution in [0.2, 0.25) is 0 Å². The van der Waals surface area contributed by atoms with Crippen LogP contribution in [0.3, 0.4) is 0 Å². The molecule has 1 saturated carbocycles. The lowest BCUT2D eigenvalue weighted by molar-refractivity contribution is -0.146. The number of rotatable bonds is 6. The average Bonchev–Trinajstić information content (AvgIpc) is 2.94. The van der Waals surface area contributed by atoms with Gasteiger partial charge in [-0.05, 0) is 27.2 Å². The van der Waals surface area contributed by atoms with Crippen LogP contribution in [0.1, 0.15) is 27.2 Å². The molecule has 92 valence electrons. The molecule has 16 heavy (non-hydrogen) atoms. The summed E-state index contributed by atoms with van der Waals surface area (Å²) in [6.07, 6.45) is 0.769. The fourth-order valence-electron chi connectivity index (χ4n) is 1.36. The summed E-state index contributed by atoms with van der Waals surface area (Å²) >= 11 is 0. The maximum atomic E-state index is 11.6. The normalized spacial score (nSPS) is 23.9. The van der Waals surface area contributed by atoms with Crippen LogP contribution in [-0.4, -0.2) is 36.2 Å². The molecule has 0 spiro atoms. The molecule has 0 radical (unpaired) electrons. The Morgan fingerprint density at radius 2 is 2.12 bits per heavy atom. The van der Waals surface area contributed by atoms with Crippen molar-refractivity contribution in [3.8, 4) is 0 Å². The summed E-state index contributed by atoms with van der Waals surface area (Å²) in [7, 11) is 0. The molecule has 1 amide bonds. The van der Waals surface area contributed by atoms with Crippen molar-refractivity contribution >= 4 is 11.9 Å². The third kappa shape index (κ3) is 3.20. The monoisotopic (exact) mass is 229 g/mol. The molecule has 0 bridgehead atoms. The lowest BCUT2D eigenvalue weighted by Crippen LogP contribution is -2.39. The second-order valence-corrected chi connectivity index (χ2v) is 4.74. The van der Waals surface area contributed by atoms with E-state index < -0.39 is 11.4 Å². The van der Waals surface area contributed by atoms with E-state index in [4.69, 9.17) is 9.84 Å². The molecule has 2 unspecified atom stereocenters. The van der Waals surface area contributed by atoms with Crippen LogP contribution >= 0.6 is 0 Å². The zero-order chi connectivity index (χ0) is 12.3. The highest BCUT2D eigenvalue weighted by molar-refractivity contribution is 5.83. The number of carbonyl (C=O) groups excluding carboxylic acids is 1. The van der Waals surface area contributed by atoms with Crippen molar-refractivity contribution in [3.05, 3.63) is 0 Å². The Morgan fingerprint density at radius 3 is 2.62 bits per heavy atom. The van der Waals surface area contributed by atoms with Gasteiger partial charge in [0, 0.05) is 13.2 Å². The first-order chi connectivity index (χ1) is 7.38. The number of ether oxygens (including phenoxy) is 1. The summed E-state index contributed by atoms with van der Waals surface area (Å²) in [5.74, 6) is -1.11.